The number of hydrogen-bond donors (Lipinski definition) is 1. The maximum absolute atomic E-state index is 13.8. The molecule has 25 heavy (non-hydrogen) atoms. The summed E-state index contributed by atoms with van der Waals surface area (Å²) in [5.74, 6) is -0.623. The smallest absolute Gasteiger partial charge is 0.256 e. The van der Waals surface area contributed by atoms with Gasteiger partial charge in [0.1, 0.15) is 5.82 Å². The third kappa shape index (κ3) is 4.24. The van der Waals surface area contributed by atoms with E-state index in [9.17, 15) is 9.18 Å². The van der Waals surface area contributed by atoms with Crippen LogP contribution in [0.1, 0.15) is 21.7 Å². The maximum Gasteiger partial charge on any atom is 0.256 e. The van der Waals surface area contributed by atoms with Crippen molar-refractivity contribution in [2.45, 2.75) is 13.5 Å². The largest absolute Gasteiger partial charge is 0.378 e. The standard InChI is InChI=1S/C17H18ClFN4O2/c1-11-9-12(22-17(21-11)23-5-7-25-8-6-23)10-20-16(24)15-13(18)3-2-4-14(15)19/h2-4,9H,5-8,10H2,1H3,(H,20,24). The third-order valence-electron chi connectivity index (χ3n) is 3.81. The molecule has 1 aromatic carbocycles. The van der Waals surface area contributed by atoms with Crippen LogP contribution in [0.25, 0.3) is 0 Å². The number of hydrogen-bond acceptors (Lipinski definition) is 5. The molecule has 2 aromatic rings. The number of anilines is 1. The van der Waals surface area contributed by atoms with E-state index in [0.29, 0.717) is 24.9 Å². The highest BCUT2D eigenvalue weighted by atomic mass is 35.5. The van der Waals surface area contributed by atoms with Crippen LogP contribution in [0.4, 0.5) is 10.3 Å². The molecule has 0 aliphatic carbocycles. The van der Waals surface area contributed by atoms with Gasteiger partial charge < -0.3 is 15.0 Å². The molecule has 1 aliphatic rings. The first-order valence-electron chi connectivity index (χ1n) is 7.94. The highest BCUT2D eigenvalue weighted by molar-refractivity contribution is 6.33. The van der Waals surface area contributed by atoms with Gasteiger partial charge in [-0.3, -0.25) is 4.79 Å². The molecule has 1 fully saturated rings. The van der Waals surface area contributed by atoms with Crippen LogP contribution in [-0.4, -0.2) is 42.2 Å². The second-order valence-electron chi connectivity index (χ2n) is 5.68. The fraction of sp³-hybridized carbons (Fsp3) is 0.353. The first kappa shape index (κ1) is 17.6. The predicted octanol–water partition coefficient (Wildman–Crippen LogP) is 2.34. The lowest BCUT2D eigenvalue weighted by atomic mass is 10.2. The Bertz CT molecular complexity index is 761. The quantitative estimate of drug-likeness (QED) is 0.902. The van der Waals surface area contributed by atoms with Crippen molar-refractivity contribution in [2.24, 2.45) is 0 Å². The van der Waals surface area contributed by atoms with Gasteiger partial charge in [0.25, 0.3) is 5.91 Å². The van der Waals surface area contributed by atoms with Crippen LogP contribution in [0, 0.1) is 12.7 Å². The van der Waals surface area contributed by atoms with Crippen molar-refractivity contribution in [3.8, 4) is 0 Å². The molecule has 0 spiro atoms. The van der Waals surface area contributed by atoms with E-state index in [1.807, 2.05) is 11.8 Å². The summed E-state index contributed by atoms with van der Waals surface area (Å²) < 4.78 is 19.1. The number of carbonyl (C=O) groups excluding carboxylic acids is 1. The van der Waals surface area contributed by atoms with Gasteiger partial charge in [-0.25, -0.2) is 14.4 Å². The lowest BCUT2D eigenvalue weighted by Crippen LogP contribution is -2.37. The molecule has 132 valence electrons. The lowest BCUT2D eigenvalue weighted by Gasteiger charge is -2.27. The molecule has 0 bridgehead atoms. The van der Waals surface area contributed by atoms with Crippen LogP contribution in [-0.2, 0) is 11.3 Å². The van der Waals surface area contributed by atoms with E-state index < -0.39 is 11.7 Å². The van der Waals surface area contributed by atoms with Crippen LogP contribution >= 0.6 is 11.6 Å². The highest BCUT2D eigenvalue weighted by Gasteiger charge is 2.17. The number of carbonyl (C=O) groups is 1. The third-order valence-corrected chi connectivity index (χ3v) is 4.12. The van der Waals surface area contributed by atoms with Gasteiger partial charge in [0.05, 0.1) is 36.0 Å². The molecule has 0 atom stereocenters. The van der Waals surface area contributed by atoms with Crippen LogP contribution in [0.3, 0.4) is 0 Å². The fourth-order valence-electron chi connectivity index (χ4n) is 2.59. The lowest BCUT2D eigenvalue weighted by molar-refractivity contribution is 0.0946. The van der Waals surface area contributed by atoms with Crippen molar-refractivity contribution in [1.82, 2.24) is 15.3 Å². The second-order valence-corrected chi connectivity index (χ2v) is 6.09. The Hall–Kier alpha value is -2.25. The molecule has 8 heteroatoms. The Morgan fingerprint density at radius 2 is 2.12 bits per heavy atom. The zero-order valence-corrected chi connectivity index (χ0v) is 14.5. The molecule has 1 amide bonds. The number of nitrogens with one attached hydrogen (secondary N) is 1. The van der Waals surface area contributed by atoms with Gasteiger partial charge in [-0.2, -0.15) is 0 Å². The Labute approximate surface area is 150 Å². The minimum Gasteiger partial charge on any atom is -0.378 e. The molecule has 1 saturated heterocycles. The molecular formula is C17H18ClFN4O2. The summed E-state index contributed by atoms with van der Waals surface area (Å²) >= 11 is 5.91. The highest BCUT2D eigenvalue weighted by Crippen LogP contribution is 2.19. The monoisotopic (exact) mass is 364 g/mol. The van der Waals surface area contributed by atoms with E-state index in [1.54, 1.807) is 6.07 Å². The summed E-state index contributed by atoms with van der Waals surface area (Å²) in [5.41, 5.74) is 1.28. The number of benzene rings is 1. The number of rotatable bonds is 4. The Kier molecular flexibility index (Phi) is 5.45. The Balaban J connectivity index is 1.72. The van der Waals surface area contributed by atoms with Gasteiger partial charge in [0, 0.05) is 18.8 Å². The van der Waals surface area contributed by atoms with E-state index in [2.05, 4.69) is 15.3 Å². The van der Waals surface area contributed by atoms with Crippen LogP contribution in [0.15, 0.2) is 24.3 Å². The zero-order valence-electron chi connectivity index (χ0n) is 13.8. The Morgan fingerprint density at radius 3 is 2.84 bits per heavy atom. The zero-order chi connectivity index (χ0) is 17.8. The second kappa shape index (κ2) is 7.76. The van der Waals surface area contributed by atoms with E-state index in [4.69, 9.17) is 16.3 Å². The minimum absolute atomic E-state index is 0.0744. The van der Waals surface area contributed by atoms with Gasteiger partial charge in [-0.1, -0.05) is 17.7 Å². The molecule has 3 rings (SSSR count). The molecule has 6 nitrogen and oxygen atoms in total. The molecule has 0 radical (unpaired) electrons. The minimum atomic E-state index is -0.655. The average Bonchev–Trinajstić information content (AvgIpc) is 2.60. The van der Waals surface area contributed by atoms with Crippen LogP contribution < -0.4 is 10.2 Å². The van der Waals surface area contributed by atoms with Gasteiger partial charge in [-0.05, 0) is 25.1 Å². The van der Waals surface area contributed by atoms with Crippen molar-refractivity contribution >= 4 is 23.5 Å². The van der Waals surface area contributed by atoms with Gasteiger partial charge in [0.15, 0.2) is 0 Å². The van der Waals surface area contributed by atoms with E-state index in [-0.39, 0.29) is 17.1 Å². The van der Waals surface area contributed by atoms with Crippen LogP contribution in [0.5, 0.6) is 0 Å². The van der Waals surface area contributed by atoms with Gasteiger partial charge in [0.2, 0.25) is 5.95 Å². The first-order valence-corrected chi connectivity index (χ1v) is 8.32. The first-order chi connectivity index (χ1) is 12.0. The average molecular weight is 365 g/mol. The van der Waals surface area contributed by atoms with Gasteiger partial charge in [-0.15, -0.1) is 0 Å². The van der Waals surface area contributed by atoms with Crippen molar-refractivity contribution in [2.75, 3.05) is 31.2 Å². The topological polar surface area (TPSA) is 67.4 Å². The predicted molar refractivity (Wildman–Crippen MR) is 92.4 cm³/mol. The number of aromatic nitrogens is 2. The molecule has 1 aromatic heterocycles. The summed E-state index contributed by atoms with van der Waals surface area (Å²) in [4.78, 5) is 23.2. The molecule has 0 unspecified atom stereocenters. The number of halogens is 2. The van der Waals surface area contributed by atoms with Crippen LogP contribution in [0.2, 0.25) is 5.02 Å². The summed E-state index contributed by atoms with van der Waals surface area (Å²) in [6.45, 7) is 4.74. The maximum atomic E-state index is 13.8. The van der Waals surface area contributed by atoms with E-state index in [1.165, 1.54) is 18.2 Å². The number of nitrogens with zero attached hydrogens (tertiary/aromatic N) is 3. The molecule has 1 N–H and O–H groups in total. The normalized spacial score (nSPS) is 14.4. The summed E-state index contributed by atoms with van der Waals surface area (Å²) in [5, 5.41) is 2.73. The summed E-state index contributed by atoms with van der Waals surface area (Å²) in [7, 11) is 0. The number of aryl methyl sites for hydroxylation is 1. The Morgan fingerprint density at radius 1 is 1.36 bits per heavy atom. The molecular weight excluding hydrogens is 347 g/mol. The number of ether oxygens (including phenoxy) is 1. The number of amides is 1. The molecule has 2 heterocycles. The van der Waals surface area contributed by atoms with Crippen molar-refractivity contribution in [1.29, 1.82) is 0 Å². The SMILES string of the molecule is Cc1cc(CNC(=O)c2c(F)cccc2Cl)nc(N2CCOCC2)n1. The van der Waals surface area contributed by atoms with Gasteiger partial charge >= 0.3 is 0 Å². The van der Waals surface area contributed by atoms with Crippen molar-refractivity contribution in [3.63, 3.8) is 0 Å². The van der Waals surface area contributed by atoms with Crippen molar-refractivity contribution < 1.29 is 13.9 Å². The summed E-state index contributed by atoms with van der Waals surface area (Å²) in [6.07, 6.45) is 0. The molecule has 0 saturated carbocycles. The number of morpholine rings is 1. The fourth-order valence-corrected chi connectivity index (χ4v) is 2.83. The molecule has 1 aliphatic heterocycles. The van der Waals surface area contributed by atoms with E-state index in [0.717, 1.165) is 18.8 Å². The van der Waals surface area contributed by atoms with Crippen molar-refractivity contribution in [3.05, 3.63) is 52.1 Å². The summed E-state index contributed by atoms with van der Waals surface area (Å²) in [6, 6.07) is 5.92. The van der Waals surface area contributed by atoms with E-state index >= 15 is 0 Å².